The molecule has 0 spiro atoms. The van der Waals surface area contributed by atoms with Crippen LogP contribution in [-0.2, 0) is 20.1 Å². The van der Waals surface area contributed by atoms with Crippen molar-refractivity contribution in [3.05, 3.63) is 192 Å². The molecule has 0 saturated carbocycles. The molecule has 0 saturated heterocycles. The molecule has 0 aliphatic carbocycles. The number of aromatic nitrogens is 2. The van der Waals surface area contributed by atoms with Gasteiger partial charge in [0.2, 0.25) is 0 Å². The van der Waals surface area contributed by atoms with Crippen LogP contribution in [-0.4, -0.2) is 9.97 Å². The van der Waals surface area contributed by atoms with E-state index < -0.39 is 0 Å². The molecule has 55 heavy (non-hydrogen) atoms. The summed E-state index contributed by atoms with van der Waals surface area (Å²) < 4.78 is 6.48. The van der Waals surface area contributed by atoms with Crippen LogP contribution in [0.25, 0.3) is 77.8 Å². The van der Waals surface area contributed by atoms with Gasteiger partial charge in [-0.25, -0.2) is 0 Å². The third kappa shape index (κ3) is 7.84. The maximum absolute atomic E-state index is 6.48. The summed E-state index contributed by atoms with van der Waals surface area (Å²) in [6.45, 7) is 10.6. The average Bonchev–Trinajstić information content (AvgIpc) is 3.58. The molecule has 9 aromatic rings. The van der Waals surface area contributed by atoms with Crippen molar-refractivity contribution in [3.63, 3.8) is 0 Å². The van der Waals surface area contributed by atoms with Gasteiger partial charge in [-0.1, -0.05) is 114 Å². The SMILES string of the molecule is Cc1c[c-]c(-c2cc(C)c(C)cn2)cc1.Cc1cc2c(oc3cc(-c4ccccc4)ccc32)c(C)c1-c1c[c-]c(-c2ccc(-c3ccccc3)cn2)cc1.[Ir]. The zero-order valence-corrected chi connectivity index (χ0v) is 34.0. The van der Waals surface area contributed by atoms with Crippen molar-refractivity contribution < 1.29 is 24.5 Å². The van der Waals surface area contributed by atoms with Crippen molar-refractivity contribution in [1.82, 2.24) is 9.97 Å². The Morgan fingerprint density at radius 3 is 1.75 bits per heavy atom. The van der Waals surface area contributed by atoms with Crippen LogP contribution in [0.2, 0.25) is 0 Å². The van der Waals surface area contributed by atoms with Gasteiger partial charge in [-0.2, -0.15) is 0 Å². The monoisotopic (exact) mass is 889 g/mol. The molecule has 0 atom stereocenters. The van der Waals surface area contributed by atoms with E-state index in [0.29, 0.717) is 0 Å². The van der Waals surface area contributed by atoms with Gasteiger partial charge in [0.25, 0.3) is 0 Å². The van der Waals surface area contributed by atoms with Crippen molar-refractivity contribution in [2.75, 3.05) is 0 Å². The minimum absolute atomic E-state index is 0. The van der Waals surface area contributed by atoms with E-state index in [1.165, 1.54) is 38.9 Å². The molecule has 3 aromatic heterocycles. The van der Waals surface area contributed by atoms with Gasteiger partial charge in [0.05, 0.1) is 0 Å². The van der Waals surface area contributed by atoms with Crippen molar-refractivity contribution in [2.45, 2.75) is 34.6 Å². The molecule has 0 unspecified atom stereocenters. The Labute approximate surface area is 337 Å². The Bertz CT molecular complexity index is 2720. The van der Waals surface area contributed by atoms with Crippen molar-refractivity contribution in [3.8, 4) is 55.9 Å². The summed E-state index contributed by atoms with van der Waals surface area (Å²) in [6.07, 6.45) is 3.85. The Morgan fingerprint density at radius 1 is 0.473 bits per heavy atom. The standard InChI is InChI=1S/C37H26NO.C14H14N.Ir/c1-24-21-33-32-19-17-30(26-9-5-3-6-10-26)22-35(32)39-37(33)25(2)36(24)29-15-13-28(14-16-29)34-20-18-31(23-38-34)27-11-7-4-8-12-27;1-10-4-6-13(7-5-10)14-8-11(2)12(3)9-15-14;/h3-13,15-23H,1-2H3;4-6,8-9H,1-3H3;/q2*-1;. The van der Waals surface area contributed by atoms with Crippen molar-refractivity contribution in [1.29, 1.82) is 0 Å². The van der Waals surface area contributed by atoms with Crippen LogP contribution in [0.5, 0.6) is 0 Å². The molecule has 3 heterocycles. The molecule has 0 bridgehead atoms. The maximum Gasteiger partial charge on any atom is 0.138 e. The number of fused-ring (bicyclic) bond motifs is 3. The summed E-state index contributed by atoms with van der Waals surface area (Å²) in [5, 5.41) is 2.31. The number of aryl methyl sites for hydroxylation is 5. The Hall–Kier alpha value is -5.93. The summed E-state index contributed by atoms with van der Waals surface area (Å²) in [5.41, 5.74) is 18.8. The first-order valence-electron chi connectivity index (χ1n) is 18.3. The zero-order chi connectivity index (χ0) is 37.2. The predicted octanol–water partition coefficient (Wildman–Crippen LogP) is 13.5. The molecular formula is C51H40IrN2O-2. The zero-order valence-electron chi connectivity index (χ0n) is 31.6. The van der Waals surface area contributed by atoms with Gasteiger partial charge in [-0.05, 0) is 90.7 Å². The third-order valence-electron chi connectivity index (χ3n) is 10.2. The van der Waals surface area contributed by atoms with Crippen molar-refractivity contribution >= 4 is 21.9 Å². The van der Waals surface area contributed by atoms with Crippen LogP contribution < -0.4 is 0 Å². The van der Waals surface area contributed by atoms with Gasteiger partial charge >= 0.3 is 0 Å². The summed E-state index contributed by atoms with van der Waals surface area (Å²) in [7, 11) is 0. The van der Waals surface area contributed by atoms with Gasteiger partial charge in [0, 0.05) is 43.3 Å². The van der Waals surface area contributed by atoms with E-state index in [-0.39, 0.29) is 20.1 Å². The summed E-state index contributed by atoms with van der Waals surface area (Å²) >= 11 is 0. The number of benzene rings is 6. The first-order valence-corrected chi connectivity index (χ1v) is 18.3. The van der Waals surface area contributed by atoms with E-state index in [9.17, 15) is 0 Å². The van der Waals surface area contributed by atoms with E-state index in [2.05, 4.69) is 161 Å². The van der Waals surface area contributed by atoms with Crippen molar-refractivity contribution in [2.24, 2.45) is 0 Å². The van der Waals surface area contributed by atoms with Crippen LogP contribution in [0, 0.1) is 46.8 Å². The van der Waals surface area contributed by atoms with Gasteiger partial charge < -0.3 is 14.4 Å². The molecule has 0 fully saturated rings. The van der Waals surface area contributed by atoms with Crippen LogP contribution in [0.15, 0.2) is 156 Å². The smallest absolute Gasteiger partial charge is 0.138 e. The first-order chi connectivity index (χ1) is 26.3. The van der Waals surface area contributed by atoms with Crippen LogP contribution in [0.4, 0.5) is 0 Å². The second-order valence-electron chi connectivity index (χ2n) is 14.0. The van der Waals surface area contributed by atoms with Crippen LogP contribution in [0.1, 0.15) is 27.8 Å². The Morgan fingerprint density at radius 2 is 1.11 bits per heavy atom. The second-order valence-corrected chi connectivity index (χ2v) is 14.0. The van der Waals surface area contributed by atoms with E-state index in [4.69, 9.17) is 9.40 Å². The molecule has 9 rings (SSSR count). The number of rotatable bonds is 5. The predicted molar refractivity (Wildman–Crippen MR) is 224 cm³/mol. The normalized spacial score (nSPS) is 10.9. The molecule has 271 valence electrons. The number of hydrogen-bond acceptors (Lipinski definition) is 3. The maximum atomic E-state index is 6.48. The van der Waals surface area contributed by atoms with E-state index >= 15 is 0 Å². The van der Waals surface area contributed by atoms with E-state index in [0.717, 1.165) is 66.7 Å². The fourth-order valence-corrected chi connectivity index (χ4v) is 7.02. The minimum Gasteiger partial charge on any atom is -0.456 e. The number of hydrogen-bond donors (Lipinski definition) is 0. The average molecular weight is 889 g/mol. The summed E-state index contributed by atoms with van der Waals surface area (Å²) in [4.78, 5) is 9.12. The van der Waals surface area contributed by atoms with E-state index in [1.54, 1.807) is 0 Å². The fourth-order valence-electron chi connectivity index (χ4n) is 7.02. The van der Waals surface area contributed by atoms with Crippen LogP contribution in [0.3, 0.4) is 0 Å². The van der Waals surface area contributed by atoms with Gasteiger partial charge in [0.15, 0.2) is 0 Å². The summed E-state index contributed by atoms with van der Waals surface area (Å²) in [5.74, 6) is 0. The van der Waals surface area contributed by atoms with Gasteiger partial charge in [0.1, 0.15) is 11.2 Å². The molecule has 3 nitrogen and oxygen atoms in total. The molecule has 4 heteroatoms. The molecular weight excluding hydrogens is 849 g/mol. The van der Waals surface area contributed by atoms with Gasteiger partial charge in [-0.3, -0.25) is 0 Å². The van der Waals surface area contributed by atoms with Gasteiger partial charge in [-0.15, -0.1) is 65.2 Å². The first kappa shape index (κ1) is 37.4. The minimum atomic E-state index is 0. The Balaban J connectivity index is 0.000000245. The molecule has 0 aliphatic rings. The second kappa shape index (κ2) is 16.2. The molecule has 0 aliphatic heterocycles. The molecule has 0 N–H and O–H groups in total. The third-order valence-corrected chi connectivity index (χ3v) is 10.2. The van der Waals surface area contributed by atoms with E-state index in [1.807, 2.05) is 42.7 Å². The quantitative estimate of drug-likeness (QED) is 0.162. The number of furan rings is 1. The molecule has 1 radical (unpaired) electrons. The molecule has 0 amide bonds. The largest absolute Gasteiger partial charge is 0.456 e. The Kier molecular flexibility index (Phi) is 11.0. The summed E-state index contributed by atoms with van der Waals surface area (Å²) in [6, 6.07) is 55.0. The van der Waals surface area contributed by atoms with Crippen LogP contribution >= 0.6 is 0 Å². The number of pyridine rings is 2. The molecule has 6 aromatic carbocycles. The number of nitrogens with zero attached hydrogens (tertiary/aromatic N) is 2. The fraction of sp³-hybridized carbons (Fsp3) is 0.0980. The topological polar surface area (TPSA) is 38.9 Å².